The first-order valence-corrected chi connectivity index (χ1v) is 5.62. The van der Waals surface area contributed by atoms with Gasteiger partial charge in [0.15, 0.2) is 5.79 Å². The predicted octanol–water partition coefficient (Wildman–Crippen LogP) is 0.949. The van der Waals surface area contributed by atoms with Crippen molar-refractivity contribution in [2.24, 2.45) is 17.8 Å². The van der Waals surface area contributed by atoms with Crippen LogP contribution in [-0.4, -0.2) is 32.1 Å². The normalized spacial score (nSPS) is 41.3. The lowest BCUT2D eigenvalue weighted by molar-refractivity contribution is -0.195. The van der Waals surface area contributed by atoms with Crippen LogP contribution in [0.3, 0.4) is 0 Å². The summed E-state index contributed by atoms with van der Waals surface area (Å²) in [5.74, 6) is 0.103. The van der Waals surface area contributed by atoms with E-state index >= 15 is 0 Å². The molecule has 4 heteroatoms. The molecule has 1 spiro atoms. The van der Waals surface area contributed by atoms with Crippen molar-refractivity contribution in [1.82, 2.24) is 0 Å². The second-order valence-corrected chi connectivity index (χ2v) is 4.71. The van der Waals surface area contributed by atoms with E-state index in [1.807, 2.05) is 0 Å². The van der Waals surface area contributed by atoms with Gasteiger partial charge < -0.3 is 14.2 Å². The number of methoxy groups -OCH3 is 1. The zero-order valence-corrected chi connectivity index (χ0v) is 8.90. The Morgan fingerprint density at radius 3 is 2.73 bits per heavy atom. The van der Waals surface area contributed by atoms with E-state index in [-0.39, 0.29) is 17.8 Å². The fourth-order valence-corrected chi connectivity index (χ4v) is 3.62. The van der Waals surface area contributed by atoms with Crippen molar-refractivity contribution in [2.75, 3.05) is 20.3 Å². The Morgan fingerprint density at radius 1 is 1.33 bits per heavy atom. The molecule has 0 N–H and O–H groups in total. The third-order valence-corrected chi connectivity index (χ3v) is 4.15. The largest absolute Gasteiger partial charge is 0.469 e. The van der Waals surface area contributed by atoms with E-state index in [0.717, 1.165) is 19.3 Å². The molecule has 3 fully saturated rings. The summed E-state index contributed by atoms with van der Waals surface area (Å²) in [6.07, 6.45) is 3.01. The fraction of sp³-hybridized carbons (Fsp3) is 0.909. The van der Waals surface area contributed by atoms with Gasteiger partial charge in [0, 0.05) is 12.3 Å². The number of hydrogen-bond donors (Lipinski definition) is 0. The SMILES string of the molecule is COC(=O)[C@H]1[C@@H]2CC[C@H]1C1(C2)OCCO1. The first-order valence-electron chi connectivity index (χ1n) is 5.62. The first kappa shape index (κ1) is 9.60. The maximum atomic E-state index is 11.7. The minimum absolute atomic E-state index is 0.00750. The molecule has 3 atom stereocenters. The first-order chi connectivity index (χ1) is 7.27. The molecule has 0 unspecified atom stereocenters. The highest BCUT2D eigenvalue weighted by Crippen LogP contribution is 2.58. The van der Waals surface area contributed by atoms with Gasteiger partial charge in [0.05, 0.1) is 26.2 Å². The van der Waals surface area contributed by atoms with Crippen molar-refractivity contribution in [3.05, 3.63) is 0 Å². The molecule has 0 radical (unpaired) electrons. The van der Waals surface area contributed by atoms with Crippen molar-refractivity contribution in [2.45, 2.75) is 25.0 Å². The Kier molecular flexibility index (Phi) is 2.04. The summed E-state index contributed by atoms with van der Waals surface area (Å²) in [6.45, 7) is 1.33. The van der Waals surface area contributed by atoms with Gasteiger partial charge in [-0.1, -0.05) is 0 Å². The minimum Gasteiger partial charge on any atom is -0.469 e. The number of ether oxygens (including phenoxy) is 3. The fourth-order valence-electron chi connectivity index (χ4n) is 3.62. The number of esters is 1. The average Bonchev–Trinajstić information content (AvgIpc) is 2.92. The Bertz CT molecular complexity index is 282. The molecule has 0 aromatic rings. The van der Waals surface area contributed by atoms with E-state index in [1.54, 1.807) is 0 Å². The van der Waals surface area contributed by atoms with Crippen LogP contribution in [0.25, 0.3) is 0 Å². The number of carbonyl (C=O) groups is 1. The monoisotopic (exact) mass is 212 g/mol. The molecule has 3 aliphatic rings. The molecule has 2 saturated carbocycles. The van der Waals surface area contributed by atoms with Crippen LogP contribution in [0.2, 0.25) is 0 Å². The highest BCUT2D eigenvalue weighted by molar-refractivity contribution is 5.74. The van der Waals surface area contributed by atoms with Crippen LogP contribution in [0.5, 0.6) is 0 Å². The Labute approximate surface area is 88.9 Å². The van der Waals surface area contributed by atoms with Crippen molar-refractivity contribution in [3.63, 3.8) is 0 Å². The third-order valence-electron chi connectivity index (χ3n) is 4.15. The third kappa shape index (κ3) is 1.18. The predicted molar refractivity (Wildman–Crippen MR) is 51.0 cm³/mol. The van der Waals surface area contributed by atoms with Gasteiger partial charge in [-0.05, 0) is 18.8 Å². The van der Waals surface area contributed by atoms with Gasteiger partial charge in [-0.25, -0.2) is 0 Å². The lowest BCUT2D eigenvalue weighted by atomic mass is 9.93. The molecule has 0 aromatic heterocycles. The molecule has 1 heterocycles. The molecule has 2 aliphatic carbocycles. The molecular formula is C11H16O4. The molecule has 1 aliphatic heterocycles. The Morgan fingerprint density at radius 2 is 2.07 bits per heavy atom. The maximum Gasteiger partial charge on any atom is 0.309 e. The highest BCUT2D eigenvalue weighted by Gasteiger charge is 2.63. The summed E-state index contributed by atoms with van der Waals surface area (Å²) in [4.78, 5) is 11.7. The van der Waals surface area contributed by atoms with E-state index in [1.165, 1.54) is 7.11 Å². The second kappa shape index (κ2) is 3.19. The van der Waals surface area contributed by atoms with Gasteiger partial charge in [-0.3, -0.25) is 4.79 Å². The maximum absolute atomic E-state index is 11.7. The summed E-state index contributed by atoms with van der Waals surface area (Å²) in [5.41, 5.74) is 0. The van der Waals surface area contributed by atoms with Gasteiger partial charge in [0.25, 0.3) is 0 Å². The molecule has 3 rings (SSSR count). The van der Waals surface area contributed by atoms with Crippen LogP contribution in [0.1, 0.15) is 19.3 Å². The van der Waals surface area contributed by atoms with Crippen molar-refractivity contribution in [3.8, 4) is 0 Å². The van der Waals surface area contributed by atoms with E-state index in [0.29, 0.717) is 19.1 Å². The van der Waals surface area contributed by atoms with Crippen molar-refractivity contribution < 1.29 is 19.0 Å². The van der Waals surface area contributed by atoms with Crippen LogP contribution >= 0.6 is 0 Å². The number of fused-ring (bicyclic) bond motifs is 3. The van der Waals surface area contributed by atoms with Gasteiger partial charge in [-0.15, -0.1) is 0 Å². The smallest absolute Gasteiger partial charge is 0.309 e. The van der Waals surface area contributed by atoms with Gasteiger partial charge in [0.2, 0.25) is 0 Å². The van der Waals surface area contributed by atoms with Crippen LogP contribution in [0, 0.1) is 17.8 Å². The summed E-state index contributed by atoms with van der Waals surface area (Å²) in [7, 11) is 1.46. The van der Waals surface area contributed by atoms with Gasteiger partial charge >= 0.3 is 5.97 Å². The van der Waals surface area contributed by atoms with Crippen LogP contribution in [0.15, 0.2) is 0 Å². The Hall–Kier alpha value is -0.610. The van der Waals surface area contributed by atoms with E-state index < -0.39 is 5.79 Å². The standard InChI is InChI=1S/C11H16O4/c1-13-10(12)9-7-2-3-8(9)11(6-7)14-4-5-15-11/h7-9H,2-6H2,1H3/t7-,8-,9+/m1/s1. The van der Waals surface area contributed by atoms with Gasteiger partial charge in [0.1, 0.15) is 0 Å². The molecule has 0 aromatic carbocycles. The van der Waals surface area contributed by atoms with E-state index in [9.17, 15) is 4.79 Å². The number of rotatable bonds is 1. The second-order valence-electron chi connectivity index (χ2n) is 4.71. The molecule has 4 nitrogen and oxygen atoms in total. The topological polar surface area (TPSA) is 44.8 Å². The zero-order valence-electron chi connectivity index (χ0n) is 8.90. The molecule has 15 heavy (non-hydrogen) atoms. The van der Waals surface area contributed by atoms with E-state index in [4.69, 9.17) is 14.2 Å². The molecule has 0 amide bonds. The zero-order chi connectivity index (χ0) is 10.5. The lowest BCUT2D eigenvalue weighted by Gasteiger charge is -2.31. The van der Waals surface area contributed by atoms with Crippen molar-refractivity contribution >= 4 is 5.97 Å². The number of carbonyl (C=O) groups excluding carboxylic acids is 1. The average molecular weight is 212 g/mol. The summed E-state index contributed by atoms with van der Waals surface area (Å²) in [6, 6.07) is 0. The summed E-state index contributed by atoms with van der Waals surface area (Å²) in [5, 5.41) is 0. The van der Waals surface area contributed by atoms with Crippen LogP contribution in [-0.2, 0) is 19.0 Å². The lowest BCUT2D eigenvalue weighted by Crippen LogP contribution is -2.38. The molecule has 2 bridgehead atoms. The van der Waals surface area contributed by atoms with Crippen molar-refractivity contribution in [1.29, 1.82) is 0 Å². The highest BCUT2D eigenvalue weighted by atomic mass is 16.7. The number of hydrogen-bond acceptors (Lipinski definition) is 4. The minimum atomic E-state index is -0.443. The van der Waals surface area contributed by atoms with Crippen LogP contribution < -0.4 is 0 Å². The quantitative estimate of drug-likeness (QED) is 0.607. The van der Waals surface area contributed by atoms with Gasteiger partial charge in [-0.2, -0.15) is 0 Å². The Balaban J connectivity index is 1.86. The summed E-state index contributed by atoms with van der Waals surface area (Å²) >= 11 is 0. The van der Waals surface area contributed by atoms with Crippen LogP contribution in [0.4, 0.5) is 0 Å². The molecule has 1 saturated heterocycles. The molecular weight excluding hydrogens is 196 g/mol. The summed E-state index contributed by atoms with van der Waals surface area (Å²) < 4.78 is 16.3. The molecule has 84 valence electrons. The van der Waals surface area contributed by atoms with E-state index in [2.05, 4.69) is 0 Å².